The molecule has 156 valence electrons. The van der Waals surface area contributed by atoms with Gasteiger partial charge in [-0.25, -0.2) is 0 Å². The second kappa shape index (κ2) is 10.9. The maximum atomic E-state index is 12.6. The van der Waals surface area contributed by atoms with Gasteiger partial charge >= 0.3 is 0 Å². The summed E-state index contributed by atoms with van der Waals surface area (Å²) in [6, 6.07) is 10.8. The molecule has 0 atom stereocenters. The lowest BCUT2D eigenvalue weighted by Gasteiger charge is -2.14. The molecule has 0 radical (unpaired) electrons. The van der Waals surface area contributed by atoms with Crippen LogP contribution in [0.2, 0.25) is 0 Å². The Balaban J connectivity index is 2.05. The predicted octanol–water partition coefficient (Wildman–Crippen LogP) is 4.77. The van der Waals surface area contributed by atoms with Crippen LogP contribution in [0.15, 0.2) is 40.9 Å². The molecule has 0 fully saturated rings. The van der Waals surface area contributed by atoms with E-state index in [1.165, 1.54) is 7.11 Å². The summed E-state index contributed by atoms with van der Waals surface area (Å²) in [5.74, 6) is 1.09. The van der Waals surface area contributed by atoms with Crippen molar-refractivity contribution in [3.63, 3.8) is 0 Å². The third-order valence-electron chi connectivity index (χ3n) is 4.04. The van der Waals surface area contributed by atoms with Crippen molar-refractivity contribution < 1.29 is 19.1 Å². The van der Waals surface area contributed by atoms with E-state index in [0.717, 1.165) is 5.56 Å². The molecule has 0 heterocycles. The highest BCUT2D eigenvalue weighted by Gasteiger charge is 2.15. The lowest BCUT2D eigenvalue weighted by molar-refractivity contribution is -0.116. The van der Waals surface area contributed by atoms with Crippen molar-refractivity contribution in [2.75, 3.05) is 19.0 Å². The predicted molar refractivity (Wildman–Crippen MR) is 118 cm³/mol. The number of carbonyl (C=O) groups excluding carboxylic acids is 2. The number of anilines is 1. The lowest BCUT2D eigenvalue weighted by atomic mass is 10.1. The van der Waals surface area contributed by atoms with Crippen LogP contribution in [0.25, 0.3) is 0 Å². The summed E-state index contributed by atoms with van der Waals surface area (Å²) in [6.07, 6.45) is 0.468. The number of carbonyl (C=O) groups is 2. The average molecular weight is 463 g/mol. The van der Waals surface area contributed by atoms with Crippen LogP contribution in [0, 0.1) is 5.92 Å². The second-order valence-electron chi connectivity index (χ2n) is 6.95. The first-order valence-electron chi connectivity index (χ1n) is 9.51. The number of ether oxygens (including phenoxy) is 2. The van der Waals surface area contributed by atoms with E-state index in [1.54, 1.807) is 12.1 Å². The first-order valence-corrected chi connectivity index (χ1v) is 10.3. The second-order valence-corrected chi connectivity index (χ2v) is 7.81. The molecule has 0 saturated heterocycles. The molecule has 0 saturated carbocycles. The smallest absolute Gasteiger partial charge is 0.251 e. The Hall–Kier alpha value is -2.54. The molecule has 0 unspecified atom stereocenters. The van der Waals surface area contributed by atoms with E-state index in [4.69, 9.17) is 9.47 Å². The van der Waals surface area contributed by atoms with Crippen molar-refractivity contribution in [3.05, 3.63) is 52.0 Å². The van der Waals surface area contributed by atoms with E-state index in [0.29, 0.717) is 52.7 Å². The largest absolute Gasteiger partial charge is 0.493 e. The van der Waals surface area contributed by atoms with Crippen molar-refractivity contribution in [2.24, 2.45) is 5.92 Å². The Bertz CT molecular complexity index is 868. The van der Waals surface area contributed by atoms with Crippen molar-refractivity contribution in [1.82, 2.24) is 5.32 Å². The molecule has 2 rings (SSSR count). The molecule has 0 spiro atoms. The fourth-order valence-corrected chi connectivity index (χ4v) is 3.32. The minimum Gasteiger partial charge on any atom is -0.493 e. The van der Waals surface area contributed by atoms with Crippen LogP contribution >= 0.6 is 15.9 Å². The molecule has 2 aromatic rings. The van der Waals surface area contributed by atoms with E-state index in [2.05, 4.69) is 26.6 Å². The molecule has 6 nitrogen and oxygen atoms in total. The van der Waals surface area contributed by atoms with Crippen molar-refractivity contribution in [3.8, 4) is 11.5 Å². The number of benzene rings is 2. The molecular formula is C22H27BrN2O4. The van der Waals surface area contributed by atoms with Gasteiger partial charge < -0.3 is 20.1 Å². The third kappa shape index (κ3) is 6.78. The van der Waals surface area contributed by atoms with Gasteiger partial charge in [0.25, 0.3) is 5.91 Å². The van der Waals surface area contributed by atoms with Crippen LogP contribution in [-0.4, -0.2) is 25.5 Å². The highest BCUT2D eigenvalue weighted by atomic mass is 79.9. The van der Waals surface area contributed by atoms with E-state index in [1.807, 2.05) is 45.0 Å². The molecule has 2 aromatic carbocycles. The fraction of sp³-hybridized carbons (Fsp3) is 0.364. The molecule has 0 aliphatic carbocycles. The lowest BCUT2D eigenvalue weighted by Crippen LogP contribution is -2.23. The van der Waals surface area contributed by atoms with Gasteiger partial charge in [-0.05, 0) is 58.6 Å². The van der Waals surface area contributed by atoms with Gasteiger partial charge in [0.05, 0.1) is 18.2 Å². The minimum absolute atomic E-state index is 0.0208. The standard InChI is InChI=1S/C22H27BrN2O4/c1-5-29-21-18(23)11-16(12-19(21)28-4)22(27)24-13-15-7-6-8-17(10-15)25-20(26)9-14(2)3/h6-8,10-12,14H,5,9,13H2,1-4H3,(H,24,27)(H,25,26). The van der Waals surface area contributed by atoms with Gasteiger partial charge in [0, 0.05) is 24.2 Å². The number of halogens is 1. The summed E-state index contributed by atoms with van der Waals surface area (Å²) in [5, 5.41) is 5.77. The van der Waals surface area contributed by atoms with Crippen molar-refractivity contribution in [2.45, 2.75) is 33.7 Å². The van der Waals surface area contributed by atoms with Crippen molar-refractivity contribution in [1.29, 1.82) is 0 Å². The molecule has 0 aliphatic rings. The van der Waals surface area contributed by atoms with E-state index < -0.39 is 0 Å². The monoisotopic (exact) mass is 462 g/mol. The number of rotatable bonds is 9. The molecule has 29 heavy (non-hydrogen) atoms. The molecule has 0 aromatic heterocycles. The average Bonchev–Trinajstić information content (AvgIpc) is 2.67. The van der Waals surface area contributed by atoms with Gasteiger partial charge in [0.2, 0.25) is 5.91 Å². The third-order valence-corrected chi connectivity index (χ3v) is 4.63. The molecule has 0 aliphatic heterocycles. The van der Waals surface area contributed by atoms with Gasteiger partial charge in [-0.2, -0.15) is 0 Å². The maximum absolute atomic E-state index is 12.6. The van der Waals surface area contributed by atoms with Crippen LogP contribution in [0.4, 0.5) is 5.69 Å². The SMILES string of the molecule is CCOc1c(Br)cc(C(=O)NCc2cccc(NC(=O)CC(C)C)c2)cc1OC. The molecule has 7 heteroatoms. The molecular weight excluding hydrogens is 436 g/mol. The van der Waals surface area contributed by atoms with Gasteiger partial charge in [-0.15, -0.1) is 0 Å². The first kappa shape index (κ1) is 22.7. The van der Waals surface area contributed by atoms with E-state index >= 15 is 0 Å². The minimum atomic E-state index is -0.235. The van der Waals surface area contributed by atoms with Crippen LogP contribution < -0.4 is 20.1 Å². The summed E-state index contributed by atoms with van der Waals surface area (Å²) >= 11 is 3.43. The van der Waals surface area contributed by atoms with Crippen LogP contribution in [0.5, 0.6) is 11.5 Å². The number of methoxy groups -OCH3 is 1. The van der Waals surface area contributed by atoms with Gasteiger partial charge in [0.15, 0.2) is 11.5 Å². The Morgan fingerprint density at radius 3 is 2.59 bits per heavy atom. The first-order chi connectivity index (χ1) is 13.8. The van der Waals surface area contributed by atoms with Gasteiger partial charge in [-0.3, -0.25) is 9.59 Å². The Morgan fingerprint density at radius 1 is 1.17 bits per heavy atom. The summed E-state index contributed by atoms with van der Waals surface area (Å²) in [4.78, 5) is 24.5. The maximum Gasteiger partial charge on any atom is 0.251 e. The number of hydrogen-bond acceptors (Lipinski definition) is 4. The fourth-order valence-electron chi connectivity index (χ4n) is 2.76. The number of hydrogen-bond donors (Lipinski definition) is 2. The number of amides is 2. The molecule has 2 N–H and O–H groups in total. The Labute approximate surface area is 180 Å². The highest BCUT2D eigenvalue weighted by Crippen LogP contribution is 2.36. The highest BCUT2D eigenvalue weighted by molar-refractivity contribution is 9.10. The zero-order chi connectivity index (χ0) is 21.4. The van der Waals surface area contributed by atoms with Gasteiger partial charge in [-0.1, -0.05) is 26.0 Å². The summed E-state index contributed by atoms with van der Waals surface area (Å²) in [6.45, 7) is 6.70. The molecule has 2 amide bonds. The zero-order valence-corrected chi connectivity index (χ0v) is 18.8. The van der Waals surface area contributed by atoms with E-state index in [-0.39, 0.29) is 11.8 Å². The van der Waals surface area contributed by atoms with Crippen LogP contribution in [0.3, 0.4) is 0 Å². The van der Waals surface area contributed by atoms with Crippen molar-refractivity contribution >= 4 is 33.4 Å². The Morgan fingerprint density at radius 2 is 1.93 bits per heavy atom. The van der Waals surface area contributed by atoms with E-state index in [9.17, 15) is 9.59 Å². The summed E-state index contributed by atoms with van der Waals surface area (Å²) < 4.78 is 11.5. The normalized spacial score (nSPS) is 10.6. The van der Waals surface area contributed by atoms with Crippen LogP contribution in [0.1, 0.15) is 43.1 Å². The van der Waals surface area contributed by atoms with Gasteiger partial charge in [0.1, 0.15) is 0 Å². The van der Waals surface area contributed by atoms with Crippen LogP contribution in [-0.2, 0) is 11.3 Å². The topological polar surface area (TPSA) is 76.7 Å². The number of nitrogens with one attached hydrogen (secondary N) is 2. The summed E-state index contributed by atoms with van der Waals surface area (Å²) in [7, 11) is 1.53. The Kier molecular flexibility index (Phi) is 8.51. The zero-order valence-electron chi connectivity index (χ0n) is 17.2. The quantitative estimate of drug-likeness (QED) is 0.562. The summed E-state index contributed by atoms with van der Waals surface area (Å²) in [5.41, 5.74) is 2.06. The molecule has 0 bridgehead atoms.